The molecule has 1 fully saturated rings. The molecular weight excluding hydrogens is 424 g/mol. The lowest BCUT2D eigenvalue weighted by molar-refractivity contribution is -0.122. The summed E-state index contributed by atoms with van der Waals surface area (Å²) in [6, 6.07) is 4.94. The molecule has 0 unspecified atom stereocenters. The lowest BCUT2D eigenvalue weighted by Gasteiger charge is -2.28. The summed E-state index contributed by atoms with van der Waals surface area (Å²) in [4.78, 5) is 24.7. The van der Waals surface area contributed by atoms with Crippen LogP contribution in [0.5, 0.6) is 5.75 Å². The standard InChI is InChI=1S/C21H25ClN4O3S/c1-12-7-14(11-21(2,3)10-12)25-26-20-24-19(28)17(30-20)9-18(27)23-15-8-13(22)5-6-16(15)29-4/h5-8,17H,9-11H2,1-4H3,(H,23,27)(H,24,26,28)/t17-/m1/s1. The molecule has 160 valence electrons. The lowest BCUT2D eigenvalue weighted by Crippen LogP contribution is -2.28. The van der Waals surface area contributed by atoms with Crippen molar-refractivity contribution in [3.63, 3.8) is 0 Å². The molecule has 2 N–H and O–H groups in total. The van der Waals surface area contributed by atoms with Gasteiger partial charge in [-0.15, -0.1) is 5.10 Å². The summed E-state index contributed by atoms with van der Waals surface area (Å²) in [5.74, 6) is -0.0840. The number of allylic oxidation sites excluding steroid dienone is 2. The van der Waals surface area contributed by atoms with Gasteiger partial charge in [-0.05, 0) is 49.5 Å². The second-order valence-electron chi connectivity index (χ2n) is 8.20. The Morgan fingerprint density at radius 2 is 2.13 bits per heavy atom. The summed E-state index contributed by atoms with van der Waals surface area (Å²) in [5.41, 5.74) is 2.76. The summed E-state index contributed by atoms with van der Waals surface area (Å²) in [5, 5.41) is 14.3. The molecule has 1 atom stereocenters. The number of hydrogen-bond acceptors (Lipinski definition) is 6. The van der Waals surface area contributed by atoms with E-state index in [1.807, 2.05) is 6.08 Å². The number of benzene rings is 1. The fraction of sp³-hybridized carbons (Fsp3) is 0.429. The maximum Gasteiger partial charge on any atom is 0.240 e. The van der Waals surface area contributed by atoms with Gasteiger partial charge in [-0.3, -0.25) is 9.59 Å². The average Bonchev–Trinajstić information content (AvgIpc) is 2.98. The first-order chi connectivity index (χ1) is 14.1. The molecule has 1 aliphatic carbocycles. The Hall–Kier alpha value is -2.32. The zero-order valence-electron chi connectivity index (χ0n) is 17.4. The highest BCUT2D eigenvalue weighted by molar-refractivity contribution is 8.15. The van der Waals surface area contributed by atoms with Gasteiger partial charge in [0.15, 0.2) is 5.17 Å². The topological polar surface area (TPSA) is 92.2 Å². The maximum atomic E-state index is 12.4. The second-order valence-corrected chi connectivity index (χ2v) is 9.83. The van der Waals surface area contributed by atoms with Crippen molar-refractivity contribution in [2.24, 2.45) is 15.6 Å². The van der Waals surface area contributed by atoms with Crippen LogP contribution in [0.3, 0.4) is 0 Å². The summed E-state index contributed by atoms with van der Waals surface area (Å²) >= 11 is 7.19. The summed E-state index contributed by atoms with van der Waals surface area (Å²) in [6.45, 7) is 6.48. The van der Waals surface area contributed by atoms with E-state index in [0.29, 0.717) is 21.6 Å². The lowest BCUT2D eigenvalue weighted by atomic mass is 9.77. The molecule has 1 aromatic carbocycles. The molecule has 0 aromatic heterocycles. The van der Waals surface area contributed by atoms with Crippen molar-refractivity contribution in [1.29, 1.82) is 0 Å². The van der Waals surface area contributed by atoms with Crippen LogP contribution in [0.25, 0.3) is 0 Å². The van der Waals surface area contributed by atoms with E-state index in [2.05, 4.69) is 41.6 Å². The number of amides is 2. The molecule has 1 heterocycles. The van der Waals surface area contributed by atoms with E-state index in [4.69, 9.17) is 16.3 Å². The van der Waals surface area contributed by atoms with Crippen molar-refractivity contribution in [3.05, 3.63) is 34.9 Å². The zero-order chi connectivity index (χ0) is 21.9. The highest BCUT2D eigenvalue weighted by atomic mass is 35.5. The summed E-state index contributed by atoms with van der Waals surface area (Å²) in [7, 11) is 1.51. The molecule has 1 aromatic rings. The highest BCUT2D eigenvalue weighted by Crippen LogP contribution is 2.34. The molecule has 2 amide bonds. The fourth-order valence-corrected chi connectivity index (χ4v) is 4.69. The number of rotatable bonds is 5. The average molecular weight is 449 g/mol. The summed E-state index contributed by atoms with van der Waals surface area (Å²) in [6.07, 6.45) is 3.89. The van der Waals surface area contributed by atoms with Crippen LogP contribution in [-0.2, 0) is 9.59 Å². The van der Waals surface area contributed by atoms with Gasteiger partial charge in [0.1, 0.15) is 11.0 Å². The van der Waals surface area contributed by atoms with Gasteiger partial charge in [0, 0.05) is 11.4 Å². The van der Waals surface area contributed by atoms with E-state index in [9.17, 15) is 9.59 Å². The number of thioether (sulfide) groups is 1. The highest BCUT2D eigenvalue weighted by Gasteiger charge is 2.32. The Labute approximate surface area is 185 Å². The molecule has 2 aliphatic rings. The van der Waals surface area contributed by atoms with Crippen molar-refractivity contribution in [1.82, 2.24) is 5.32 Å². The Kier molecular flexibility index (Phi) is 6.88. The SMILES string of the molecule is COc1ccc(Cl)cc1NC(=O)C[C@H]1SC(=NN=C2C=C(C)CC(C)(C)C2)NC1=O. The number of amidine groups is 1. The molecule has 7 nitrogen and oxygen atoms in total. The fourth-order valence-electron chi connectivity index (χ4n) is 3.60. The molecule has 3 rings (SSSR count). The first-order valence-corrected chi connectivity index (χ1v) is 10.8. The smallest absolute Gasteiger partial charge is 0.240 e. The molecule has 0 saturated carbocycles. The van der Waals surface area contributed by atoms with Crippen molar-refractivity contribution in [3.8, 4) is 5.75 Å². The van der Waals surface area contributed by atoms with Crippen LogP contribution in [0.15, 0.2) is 40.1 Å². The quantitative estimate of drug-likeness (QED) is 0.653. The Bertz CT molecular complexity index is 956. The van der Waals surface area contributed by atoms with E-state index in [-0.39, 0.29) is 23.7 Å². The molecule has 1 aliphatic heterocycles. The van der Waals surface area contributed by atoms with Crippen molar-refractivity contribution in [2.45, 2.75) is 45.3 Å². The van der Waals surface area contributed by atoms with Crippen LogP contribution in [0.1, 0.15) is 40.0 Å². The Morgan fingerprint density at radius 1 is 1.37 bits per heavy atom. The number of nitrogens with one attached hydrogen (secondary N) is 2. The second kappa shape index (κ2) is 9.22. The van der Waals surface area contributed by atoms with Crippen LogP contribution in [0.2, 0.25) is 5.02 Å². The van der Waals surface area contributed by atoms with Crippen molar-refractivity contribution >= 4 is 51.7 Å². The minimum Gasteiger partial charge on any atom is -0.495 e. The van der Waals surface area contributed by atoms with Crippen LogP contribution in [0, 0.1) is 5.41 Å². The number of carbonyl (C=O) groups excluding carboxylic acids is 2. The maximum absolute atomic E-state index is 12.4. The van der Waals surface area contributed by atoms with Crippen molar-refractivity contribution < 1.29 is 14.3 Å². The zero-order valence-corrected chi connectivity index (χ0v) is 19.0. The third-order valence-electron chi connectivity index (χ3n) is 4.68. The molecular formula is C21H25ClN4O3S. The van der Waals surface area contributed by atoms with Gasteiger partial charge in [-0.25, -0.2) is 0 Å². The van der Waals surface area contributed by atoms with Gasteiger partial charge in [0.25, 0.3) is 0 Å². The molecule has 0 radical (unpaired) electrons. The van der Waals surface area contributed by atoms with Gasteiger partial charge in [-0.1, -0.05) is 42.8 Å². The van der Waals surface area contributed by atoms with Crippen LogP contribution < -0.4 is 15.4 Å². The van der Waals surface area contributed by atoms with Crippen LogP contribution in [-0.4, -0.2) is 35.1 Å². The number of ether oxygens (including phenoxy) is 1. The number of hydrogen-bond donors (Lipinski definition) is 2. The van der Waals surface area contributed by atoms with Crippen LogP contribution >= 0.6 is 23.4 Å². The molecule has 30 heavy (non-hydrogen) atoms. The van der Waals surface area contributed by atoms with Gasteiger partial charge >= 0.3 is 0 Å². The largest absolute Gasteiger partial charge is 0.495 e. The molecule has 0 spiro atoms. The van der Waals surface area contributed by atoms with Gasteiger partial charge in [0.05, 0.1) is 18.5 Å². The first kappa shape index (κ1) is 22.4. The number of halogens is 1. The third-order valence-corrected chi connectivity index (χ3v) is 5.99. The van der Waals surface area contributed by atoms with E-state index in [0.717, 1.165) is 18.6 Å². The van der Waals surface area contributed by atoms with E-state index < -0.39 is 5.25 Å². The minimum absolute atomic E-state index is 0.00615. The Morgan fingerprint density at radius 3 is 2.83 bits per heavy atom. The predicted molar refractivity (Wildman–Crippen MR) is 122 cm³/mol. The van der Waals surface area contributed by atoms with E-state index in [1.54, 1.807) is 18.2 Å². The number of anilines is 1. The monoisotopic (exact) mass is 448 g/mol. The predicted octanol–water partition coefficient (Wildman–Crippen LogP) is 4.39. The normalized spacial score (nSPS) is 23.3. The first-order valence-electron chi connectivity index (χ1n) is 9.58. The van der Waals surface area contributed by atoms with E-state index >= 15 is 0 Å². The molecule has 9 heteroatoms. The number of methoxy groups -OCH3 is 1. The van der Waals surface area contributed by atoms with E-state index in [1.165, 1.54) is 24.4 Å². The number of carbonyl (C=O) groups is 2. The van der Waals surface area contributed by atoms with Crippen molar-refractivity contribution in [2.75, 3.05) is 12.4 Å². The molecule has 1 saturated heterocycles. The summed E-state index contributed by atoms with van der Waals surface area (Å²) < 4.78 is 5.22. The van der Waals surface area contributed by atoms with Gasteiger partial charge in [-0.2, -0.15) is 5.10 Å². The van der Waals surface area contributed by atoms with Gasteiger partial charge in [0.2, 0.25) is 11.8 Å². The number of nitrogens with zero attached hydrogens (tertiary/aromatic N) is 2. The third kappa shape index (κ3) is 5.86. The Balaban J connectivity index is 1.63. The van der Waals surface area contributed by atoms with Crippen LogP contribution in [0.4, 0.5) is 5.69 Å². The minimum atomic E-state index is -0.575. The van der Waals surface area contributed by atoms with Gasteiger partial charge < -0.3 is 15.4 Å². The molecule has 0 bridgehead atoms.